The Labute approximate surface area is 228 Å². The minimum Gasteiger partial charge on any atom is -0.494 e. The first-order valence-corrected chi connectivity index (χ1v) is 12.8. The zero-order chi connectivity index (χ0) is 27.9. The second-order valence-corrected chi connectivity index (χ2v) is 9.17. The molecule has 0 bridgehead atoms. The summed E-state index contributed by atoms with van der Waals surface area (Å²) >= 11 is 0.671. The van der Waals surface area contributed by atoms with Crippen LogP contribution in [-0.4, -0.2) is 28.7 Å². The van der Waals surface area contributed by atoms with Gasteiger partial charge in [0, 0.05) is 12.2 Å². The number of anilines is 2. The van der Waals surface area contributed by atoms with Crippen molar-refractivity contribution in [2.75, 3.05) is 17.2 Å². The summed E-state index contributed by atoms with van der Waals surface area (Å²) in [4.78, 5) is 40.6. The fourth-order valence-corrected chi connectivity index (χ4v) is 4.70. The number of nitrogen functional groups attached to an aromatic ring is 1. The van der Waals surface area contributed by atoms with Crippen LogP contribution in [0.1, 0.15) is 44.3 Å². The number of hydrogen-bond acceptors (Lipinski definition) is 7. The second kappa shape index (κ2) is 12.2. The van der Waals surface area contributed by atoms with Gasteiger partial charge < -0.3 is 21.5 Å². The van der Waals surface area contributed by atoms with Gasteiger partial charge in [0.2, 0.25) is 5.91 Å². The molecule has 0 aliphatic carbocycles. The number of amides is 3. The topological polar surface area (TPSA) is 141 Å². The van der Waals surface area contributed by atoms with E-state index in [1.54, 1.807) is 24.3 Å². The van der Waals surface area contributed by atoms with E-state index in [0.717, 1.165) is 16.5 Å². The van der Waals surface area contributed by atoms with Crippen molar-refractivity contribution in [1.82, 2.24) is 9.69 Å². The standard InChI is InChI=1S/C28H26FN5O4S/c1-2-38-21-13-11-18(12-14-21)24(27(36)32-16-17-7-4-3-5-8-17)34(20-10-6-9-19(29)15-20)28(37)25-22(30)23(26(31)35)33-39-25/h3-15,24H,2,16,30H2,1H3,(H2,31,35)(H,32,36)/t24-/m1/s1. The Morgan fingerprint density at radius 2 is 1.77 bits per heavy atom. The van der Waals surface area contributed by atoms with Gasteiger partial charge in [-0.3, -0.25) is 19.3 Å². The largest absolute Gasteiger partial charge is 0.494 e. The molecule has 1 aromatic heterocycles. The number of carbonyl (C=O) groups is 3. The smallest absolute Gasteiger partial charge is 0.273 e. The normalized spacial score (nSPS) is 11.4. The van der Waals surface area contributed by atoms with E-state index >= 15 is 0 Å². The van der Waals surface area contributed by atoms with Gasteiger partial charge in [0.25, 0.3) is 11.8 Å². The van der Waals surface area contributed by atoms with E-state index in [4.69, 9.17) is 16.2 Å². The van der Waals surface area contributed by atoms with E-state index in [-0.39, 0.29) is 28.5 Å². The predicted octanol–water partition coefficient (Wildman–Crippen LogP) is 4.07. The lowest BCUT2D eigenvalue weighted by Gasteiger charge is -2.31. The number of nitrogens with two attached hydrogens (primary N) is 2. The van der Waals surface area contributed by atoms with Crippen LogP contribution in [0.3, 0.4) is 0 Å². The Bertz CT molecular complexity index is 1480. The number of ether oxygens (including phenoxy) is 1. The SMILES string of the molecule is CCOc1ccc([C@H](C(=O)NCc2ccccc2)N(C(=O)c2snc(C(N)=O)c2N)c2cccc(F)c2)cc1. The monoisotopic (exact) mass is 547 g/mol. The van der Waals surface area contributed by atoms with Crippen molar-refractivity contribution in [2.45, 2.75) is 19.5 Å². The van der Waals surface area contributed by atoms with Crippen LogP contribution in [0.2, 0.25) is 0 Å². The van der Waals surface area contributed by atoms with Crippen molar-refractivity contribution >= 4 is 40.6 Å². The summed E-state index contributed by atoms with van der Waals surface area (Å²) < 4.78 is 23.9. The number of hydrogen-bond donors (Lipinski definition) is 3. The Balaban J connectivity index is 1.83. The molecule has 3 aromatic carbocycles. The van der Waals surface area contributed by atoms with Gasteiger partial charge in [-0.15, -0.1) is 0 Å². The molecular weight excluding hydrogens is 521 g/mol. The molecule has 11 heteroatoms. The average molecular weight is 548 g/mol. The van der Waals surface area contributed by atoms with Gasteiger partial charge in [-0.1, -0.05) is 48.5 Å². The molecule has 0 spiro atoms. The van der Waals surface area contributed by atoms with E-state index in [1.807, 2.05) is 37.3 Å². The molecule has 39 heavy (non-hydrogen) atoms. The quantitative estimate of drug-likeness (QED) is 0.273. The summed E-state index contributed by atoms with van der Waals surface area (Å²) in [6, 6.07) is 19.9. The maximum atomic E-state index is 14.4. The lowest BCUT2D eigenvalue weighted by atomic mass is 10.0. The molecule has 0 aliphatic rings. The Kier molecular flexibility index (Phi) is 8.52. The highest BCUT2D eigenvalue weighted by Gasteiger charge is 2.36. The zero-order valence-corrected chi connectivity index (χ0v) is 21.8. The average Bonchev–Trinajstić information content (AvgIpc) is 3.33. The molecule has 3 amide bonds. The van der Waals surface area contributed by atoms with Gasteiger partial charge in [0.05, 0.1) is 12.3 Å². The Morgan fingerprint density at radius 1 is 1.05 bits per heavy atom. The minimum atomic E-state index is -1.25. The van der Waals surface area contributed by atoms with E-state index < -0.39 is 29.6 Å². The number of nitrogens with zero attached hydrogens (tertiary/aromatic N) is 2. The molecule has 9 nitrogen and oxygen atoms in total. The number of carbonyl (C=O) groups excluding carboxylic acids is 3. The Hall–Kier alpha value is -4.77. The molecule has 4 rings (SSSR count). The van der Waals surface area contributed by atoms with E-state index in [1.165, 1.54) is 18.2 Å². The summed E-state index contributed by atoms with van der Waals surface area (Å²) in [5.41, 5.74) is 12.3. The van der Waals surface area contributed by atoms with Crippen molar-refractivity contribution in [2.24, 2.45) is 5.73 Å². The van der Waals surface area contributed by atoms with E-state index in [0.29, 0.717) is 29.5 Å². The molecule has 4 aromatic rings. The van der Waals surface area contributed by atoms with Crippen molar-refractivity contribution in [3.63, 3.8) is 0 Å². The fraction of sp³-hybridized carbons (Fsp3) is 0.143. The fourth-order valence-electron chi connectivity index (χ4n) is 3.96. The van der Waals surface area contributed by atoms with Crippen LogP contribution in [0.25, 0.3) is 0 Å². The lowest BCUT2D eigenvalue weighted by molar-refractivity contribution is -0.122. The summed E-state index contributed by atoms with van der Waals surface area (Å²) in [5, 5.41) is 2.87. The van der Waals surface area contributed by atoms with Gasteiger partial charge in [-0.05, 0) is 59.9 Å². The third-order valence-corrected chi connectivity index (χ3v) is 6.63. The second-order valence-electron chi connectivity index (χ2n) is 8.40. The van der Waals surface area contributed by atoms with Crippen molar-refractivity contribution < 1.29 is 23.5 Å². The van der Waals surface area contributed by atoms with Crippen molar-refractivity contribution in [1.29, 1.82) is 0 Å². The summed E-state index contributed by atoms with van der Waals surface area (Å²) in [5.74, 6) is -2.22. The third kappa shape index (κ3) is 6.21. The first-order chi connectivity index (χ1) is 18.8. The predicted molar refractivity (Wildman–Crippen MR) is 147 cm³/mol. The molecule has 0 saturated carbocycles. The van der Waals surface area contributed by atoms with Gasteiger partial charge in [-0.2, -0.15) is 4.37 Å². The zero-order valence-electron chi connectivity index (χ0n) is 21.0. The molecule has 0 unspecified atom stereocenters. The number of aromatic nitrogens is 1. The summed E-state index contributed by atoms with van der Waals surface area (Å²) in [6.07, 6.45) is 0. The first-order valence-electron chi connectivity index (χ1n) is 12.0. The van der Waals surface area contributed by atoms with E-state index in [2.05, 4.69) is 9.69 Å². The van der Waals surface area contributed by atoms with Gasteiger partial charge in [0.1, 0.15) is 22.5 Å². The van der Waals surface area contributed by atoms with Gasteiger partial charge in [0.15, 0.2) is 5.69 Å². The lowest BCUT2D eigenvalue weighted by Crippen LogP contribution is -2.44. The number of benzene rings is 3. The first kappa shape index (κ1) is 27.3. The molecule has 0 aliphatic heterocycles. The van der Waals surface area contributed by atoms with Crippen LogP contribution in [0.4, 0.5) is 15.8 Å². The maximum absolute atomic E-state index is 14.4. The number of halogens is 1. The van der Waals surface area contributed by atoms with Crippen molar-refractivity contribution in [3.8, 4) is 5.75 Å². The highest BCUT2D eigenvalue weighted by molar-refractivity contribution is 7.09. The summed E-state index contributed by atoms with van der Waals surface area (Å²) in [7, 11) is 0. The number of nitrogens with one attached hydrogen (secondary N) is 1. The number of primary amides is 1. The summed E-state index contributed by atoms with van der Waals surface area (Å²) in [6.45, 7) is 2.48. The molecule has 1 atom stereocenters. The van der Waals surface area contributed by atoms with Crippen LogP contribution >= 0.6 is 11.5 Å². The molecular formula is C28H26FN5O4S. The molecule has 1 heterocycles. The van der Waals surface area contributed by atoms with Gasteiger partial charge in [-0.25, -0.2) is 4.39 Å². The molecule has 5 N–H and O–H groups in total. The van der Waals surface area contributed by atoms with Crippen LogP contribution in [0.15, 0.2) is 78.9 Å². The maximum Gasteiger partial charge on any atom is 0.273 e. The highest BCUT2D eigenvalue weighted by atomic mass is 32.1. The van der Waals surface area contributed by atoms with E-state index in [9.17, 15) is 18.8 Å². The van der Waals surface area contributed by atoms with Crippen LogP contribution < -0.4 is 26.4 Å². The van der Waals surface area contributed by atoms with Crippen LogP contribution in [0, 0.1) is 5.82 Å². The molecule has 0 fully saturated rings. The number of rotatable bonds is 10. The Morgan fingerprint density at radius 3 is 2.38 bits per heavy atom. The van der Waals surface area contributed by atoms with Gasteiger partial charge >= 0.3 is 0 Å². The third-order valence-electron chi connectivity index (χ3n) is 5.78. The van der Waals surface area contributed by atoms with Crippen LogP contribution in [0.5, 0.6) is 5.75 Å². The minimum absolute atomic E-state index is 0.0992. The molecule has 200 valence electrons. The molecule has 0 saturated heterocycles. The highest BCUT2D eigenvalue weighted by Crippen LogP contribution is 2.34. The molecule has 0 radical (unpaired) electrons. The van der Waals surface area contributed by atoms with Crippen LogP contribution in [-0.2, 0) is 11.3 Å². The van der Waals surface area contributed by atoms with Crippen molar-refractivity contribution in [3.05, 3.63) is 106 Å².